The molecule has 0 heterocycles. The van der Waals surface area contributed by atoms with Gasteiger partial charge in [-0.15, -0.1) is 11.6 Å². The molecule has 94 valence electrons. The van der Waals surface area contributed by atoms with Gasteiger partial charge in [-0.2, -0.15) is 0 Å². The van der Waals surface area contributed by atoms with Crippen molar-refractivity contribution >= 4 is 23.2 Å². The third kappa shape index (κ3) is 3.89. The summed E-state index contributed by atoms with van der Waals surface area (Å²) in [7, 11) is 0. The Labute approximate surface area is 104 Å². The number of carbonyl (C=O) groups excluding carboxylic acids is 1. The molecule has 0 saturated heterocycles. The van der Waals surface area contributed by atoms with E-state index >= 15 is 0 Å². The number of hydrogen-bond acceptors (Lipinski definition) is 4. The zero-order chi connectivity index (χ0) is 12.8. The van der Waals surface area contributed by atoms with Gasteiger partial charge in [-0.3, -0.25) is 4.79 Å². The van der Waals surface area contributed by atoms with Crippen molar-refractivity contribution < 1.29 is 15.0 Å². The first-order valence-electron chi connectivity index (χ1n) is 5.08. The minimum Gasteiger partial charge on any atom is -0.399 e. The number of carbonyl (C=O) groups is 1. The Hall–Kier alpha value is -1.30. The highest BCUT2D eigenvalue weighted by Gasteiger charge is 2.21. The summed E-state index contributed by atoms with van der Waals surface area (Å²) in [5.41, 5.74) is 6.66. The van der Waals surface area contributed by atoms with Gasteiger partial charge in [0.1, 0.15) is 12.0 Å². The van der Waals surface area contributed by atoms with Gasteiger partial charge < -0.3 is 21.3 Å². The molecule has 5 N–H and O–H groups in total. The first kappa shape index (κ1) is 13.8. The van der Waals surface area contributed by atoms with E-state index in [1.165, 1.54) is 0 Å². The van der Waals surface area contributed by atoms with Gasteiger partial charge in [-0.1, -0.05) is 12.1 Å². The van der Waals surface area contributed by atoms with Crippen molar-refractivity contribution in [1.82, 2.24) is 5.32 Å². The smallest absolute Gasteiger partial charge is 0.235 e. The van der Waals surface area contributed by atoms with Crippen LogP contribution in [0.5, 0.6) is 0 Å². The third-order valence-corrected chi connectivity index (χ3v) is 2.57. The molecular formula is C11H15ClN2O3. The summed E-state index contributed by atoms with van der Waals surface area (Å²) < 4.78 is 0. The van der Waals surface area contributed by atoms with Crippen molar-refractivity contribution in [1.29, 1.82) is 0 Å². The van der Waals surface area contributed by atoms with E-state index in [0.717, 1.165) is 0 Å². The molecule has 1 aromatic rings. The van der Waals surface area contributed by atoms with Crippen LogP contribution in [0.15, 0.2) is 24.3 Å². The lowest BCUT2D eigenvalue weighted by molar-refractivity contribution is -0.120. The highest BCUT2D eigenvalue weighted by Crippen LogP contribution is 2.18. The molecule has 6 heteroatoms. The van der Waals surface area contributed by atoms with E-state index < -0.39 is 18.1 Å². The minimum atomic E-state index is -1.01. The highest BCUT2D eigenvalue weighted by atomic mass is 35.5. The van der Waals surface area contributed by atoms with Crippen LogP contribution in [0.3, 0.4) is 0 Å². The fourth-order valence-electron chi connectivity index (χ4n) is 1.40. The van der Waals surface area contributed by atoms with Crippen molar-refractivity contribution in [3.05, 3.63) is 29.8 Å². The maximum atomic E-state index is 11.1. The number of aliphatic hydroxyl groups excluding tert-OH is 2. The number of amides is 1. The van der Waals surface area contributed by atoms with Crippen LogP contribution in [0.25, 0.3) is 0 Å². The van der Waals surface area contributed by atoms with Gasteiger partial charge in [0.25, 0.3) is 0 Å². The van der Waals surface area contributed by atoms with E-state index in [0.29, 0.717) is 11.3 Å². The molecule has 0 saturated carbocycles. The summed E-state index contributed by atoms with van der Waals surface area (Å²) in [6, 6.07) is 5.75. The van der Waals surface area contributed by atoms with Gasteiger partial charge in [-0.25, -0.2) is 0 Å². The fourth-order valence-corrected chi connectivity index (χ4v) is 1.47. The van der Waals surface area contributed by atoms with Crippen LogP contribution < -0.4 is 11.1 Å². The number of anilines is 1. The molecular weight excluding hydrogens is 244 g/mol. The van der Waals surface area contributed by atoms with Crippen LogP contribution in [-0.2, 0) is 4.79 Å². The molecule has 5 nitrogen and oxygen atoms in total. The van der Waals surface area contributed by atoms with E-state index in [1.807, 2.05) is 0 Å². The Morgan fingerprint density at radius 3 is 2.47 bits per heavy atom. The summed E-state index contributed by atoms with van der Waals surface area (Å²) >= 11 is 5.33. The number of nitrogen functional groups attached to an aromatic ring is 1. The molecule has 0 radical (unpaired) electrons. The van der Waals surface area contributed by atoms with Crippen molar-refractivity contribution in [2.45, 2.75) is 12.1 Å². The van der Waals surface area contributed by atoms with Gasteiger partial charge in [-0.05, 0) is 17.7 Å². The zero-order valence-electron chi connectivity index (χ0n) is 9.14. The van der Waals surface area contributed by atoms with Crippen molar-refractivity contribution in [3.8, 4) is 0 Å². The number of nitrogens with one attached hydrogen (secondary N) is 1. The van der Waals surface area contributed by atoms with E-state index in [4.69, 9.17) is 22.4 Å². The summed E-state index contributed by atoms with van der Waals surface area (Å²) in [4.78, 5) is 11.1. The molecule has 2 atom stereocenters. The molecule has 17 heavy (non-hydrogen) atoms. The first-order valence-corrected chi connectivity index (χ1v) is 5.61. The van der Waals surface area contributed by atoms with Gasteiger partial charge in [0.05, 0.1) is 12.6 Å². The van der Waals surface area contributed by atoms with Crippen LogP contribution in [0.2, 0.25) is 0 Å². The number of aliphatic hydroxyl groups is 2. The molecule has 0 aromatic heterocycles. The number of halogens is 1. The van der Waals surface area contributed by atoms with Crippen LogP contribution in [0.4, 0.5) is 5.69 Å². The Bertz CT molecular complexity index is 369. The summed E-state index contributed by atoms with van der Waals surface area (Å²) in [6.45, 7) is -0.381. The van der Waals surface area contributed by atoms with Crippen LogP contribution >= 0.6 is 11.6 Å². The quantitative estimate of drug-likeness (QED) is 0.442. The lowest BCUT2D eigenvalue weighted by Gasteiger charge is -2.22. The van der Waals surface area contributed by atoms with Crippen molar-refractivity contribution in [2.24, 2.45) is 0 Å². The van der Waals surface area contributed by atoms with Gasteiger partial charge >= 0.3 is 0 Å². The maximum Gasteiger partial charge on any atom is 0.235 e. The van der Waals surface area contributed by atoms with E-state index in [2.05, 4.69) is 5.32 Å². The second kappa shape index (κ2) is 6.44. The maximum absolute atomic E-state index is 11.1. The van der Waals surface area contributed by atoms with E-state index in [9.17, 15) is 9.90 Å². The Kier molecular flexibility index (Phi) is 5.21. The molecule has 0 unspecified atom stereocenters. The highest BCUT2D eigenvalue weighted by molar-refractivity contribution is 6.27. The average Bonchev–Trinajstić information content (AvgIpc) is 2.35. The summed E-state index contributed by atoms with van der Waals surface area (Å²) in [5.74, 6) is -0.662. The lowest BCUT2D eigenvalue weighted by Crippen LogP contribution is -2.42. The van der Waals surface area contributed by atoms with Crippen molar-refractivity contribution in [2.75, 3.05) is 18.2 Å². The van der Waals surface area contributed by atoms with E-state index in [-0.39, 0.29) is 12.5 Å². The normalized spacial score (nSPS) is 14.1. The topological polar surface area (TPSA) is 95.6 Å². The zero-order valence-corrected chi connectivity index (χ0v) is 9.89. The fraction of sp³-hybridized carbons (Fsp3) is 0.364. The van der Waals surface area contributed by atoms with Gasteiger partial charge in [0, 0.05) is 5.69 Å². The Morgan fingerprint density at radius 1 is 1.41 bits per heavy atom. The molecule has 0 fully saturated rings. The Balaban J connectivity index is 2.74. The molecule has 1 amide bonds. The number of hydrogen-bond donors (Lipinski definition) is 4. The number of benzene rings is 1. The molecule has 1 aromatic carbocycles. The number of nitrogens with two attached hydrogens (primary N) is 1. The third-order valence-electron chi connectivity index (χ3n) is 2.32. The van der Waals surface area contributed by atoms with Crippen LogP contribution in [-0.4, -0.2) is 34.6 Å². The standard InChI is InChI=1S/C11H15ClN2O3/c12-5-10(16)14-9(6-15)11(17)7-1-3-8(13)4-2-7/h1-4,9,11,15,17H,5-6,13H2,(H,14,16)/t9-,11-/m1/s1. The largest absolute Gasteiger partial charge is 0.399 e. The summed E-state index contributed by atoms with van der Waals surface area (Å²) in [6.07, 6.45) is -1.01. The average molecular weight is 259 g/mol. The predicted octanol–water partition coefficient (Wildman–Crippen LogP) is 0.0181. The van der Waals surface area contributed by atoms with Crippen molar-refractivity contribution in [3.63, 3.8) is 0 Å². The SMILES string of the molecule is Nc1ccc([C@@H](O)[C@@H](CO)NC(=O)CCl)cc1. The molecule has 0 bridgehead atoms. The summed E-state index contributed by atoms with van der Waals surface area (Å²) in [5, 5.41) is 21.5. The second-order valence-corrected chi connectivity index (χ2v) is 3.87. The molecule has 0 aliphatic rings. The van der Waals surface area contributed by atoms with Gasteiger partial charge in [0.15, 0.2) is 0 Å². The lowest BCUT2D eigenvalue weighted by atomic mass is 10.0. The Morgan fingerprint density at radius 2 is 2.00 bits per heavy atom. The monoisotopic (exact) mass is 258 g/mol. The molecule has 1 rings (SSSR count). The first-order chi connectivity index (χ1) is 8.08. The minimum absolute atomic E-state index is 0.217. The second-order valence-electron chi connectivity index (χ2n) is 3.60. The predicted molar refractivity (Wildman–Crippen MR) is 65.6 cm³/mol. The number of rotatable bonds is 5. The van der Waals surface area contributed by atoms with Gasteiger partial charge in [0.2, 0.25) is 5.91 Å². The van der Waals surface area contributed by atoms with Crippen LogP contribution in [0, 0.1) is 0 Å². The molecule has 0 spiro atoms. The number of alkyl halides is 1. The van der Waals surface area contributed by atoms with Crippen LogP contribution in [0.1, 0.15) is 11.7 Å². The molecule has 0 aliphatic heterocycles. The van der Waals surface area contributed by atoms with E-state index in [1.54, 1.807) is 24.3 Å². The molecule has 0 aliphatic carbocycles.